The predicted octanol–water partition coefficient (Wildman–Crippen LogP) is 1.98. The van der Waals surface area contributed by atoms with E-state index in [1.807, 2.05) is 13.8 Å². The highest BCUT2D eigenvalue weighted by Crippen LogP contribution is 2.19. The van der Waals surface area contributed by atoms with Gasteiger partial charge in [-0.3, -0.25) is 14.9 Å². The summed E-state index contributed by atoms with van der Waals surface area (Å²) >= 11 is 0. The first kappa shape index (κ1) is 29.6. The summed E-state index contributed by atoms with van der Waals surface area (Å²) in [6.45, 7) is 11.2. The molecule has 34 heavy (non-hydrogen) atoms. The van der Waals surface area contributed by atoms with E-state index in [4.69, 9.17) is 9.47 Å². The molecule has 0 radical (unpaired) electrons. The van der Waals surface area contributed by atoms with E-state index in [0.29, 0.717) is 6.42 Å². The Balaban J connectivity index is 3.26. The second kappa shape index (κ2) is 12.9. The first-order valence-corrected chi connectivity index (χ1v) is 11.7. The number of rotatable bonds is 4. The summed E-state index contributed by atoms with van der Waals surface area (Å²) in [6.07, 6.45) is 2.36. The summed E-state index contributed by atoms with van der Waals surface area (Å²) < 4.78 is 10.4. The number of cyclic esters (lactones) is 2. The molecule has 1 heterocycles. The van der Waals surface area contributed by atoms with Crippen molar-refractivity contribution in [2.75, 3.05) is 46.9 Å². The third-order valence-electron chi connectivity index (χ3n) is 5.83. The summed E-state index contributed by atoms with van der Waals surface area (Å²) in [5.41, 5.74) is -2.11. The summed E-state index contributed by atoms with van der Waals surface area (Å²) in [6, 6.07) is -0.0255. The molecule has 0 aliphatic carbocycles. The Labute approximate surface area is 203 Å². The highest BCUT2D eigenvalue weighted by atomic mass is 16.6. The minimum Gasteiger partial charge on any atom is -0.445 e. The minimum absolute atomic E-state index is 0.00998. The van der Waals surface area contributed by atoms with Gasteiger partial charge in [0.2, 0.25) is 0 Å². The molecule has 0 fully saturated rings. The van der Waals surface area contributed by atoms with Gasteiger partial charge in [0, 0.05) is 39.1 Å². The maximum atomic E-state index is 13.4. The number of hydrogen-bond donors (Lipinski definition) is 2. The molecule has 2 amide bonds. The smallest absolute Gasteiger partial charge is 0.409 e. The standard InChI is InChI=1S/C24H42N4O6/c1-17(2)20(30)23(5)11-12-27(7)21(31)33-13-9-10-14-34-22(32)28(8)16-24(6,26-18(3)4)19(29)15-25-23/h9-10,17-18,25-26H,11-16H2,1-8H3/b10-9+/t23-,24+/m0/s1. The molecule has 0 spiro atoms. The fourth-order valence-corrected chi connectivity index (χ4v) is 3.87. The summed E-state index contributed by atoms with van der Waals surface area (Å²) in [5, 5.41) is 6.42. The van der Waals surface area contributed by atoms with Gasteiger partial charge in [-0.2, -0.15) is 0 Å². The lowest BCUT2D eigenvalue weighted by molar-refractivity contribution is -0.129. The zero-order valence-electron chi connectivity index (χ0n) is 21.9. The van der Waals surface area contributed by atoms with Crippen LogP contribution in [-0.2, 0) is 19.1 Å². The Hall–Kier alpha value is -2.46. The highest BCUT2D eigenvalue weighted by Gasteiger charge is 2.40. The number of nitrogens with one attached hydrogen (secondary N) is 2. The van der Waals surface area contributed by atoms with Crippen LogP contribution in [0, 0.1) is 5.92 Å². The number of amides is 2. The lowest BCUT2D eigenvalue weighted by Gasteiger charge is -2.37. The molecule has 0 aromatic heterocycles. The van der Waals surface area contributed by atoms with Crippen molar-refractivity contribution < 1.29 is 28.7 Å². The largest absolute Gasteiger partial charge is 0.445 e. The van der Waals surface area contributed by atoms with E-state index in [-0.39, 0.29) is 56.4 Å². The molecule has 2 atom stereocenters. The van der Waals surface area contributed by atoms with Crippen LogP contribution in [-0.4, -0.2) is 97.6 Å². The lowest BCUT2D eigenvalue weighted by Crippen LogP contribution is -2.63. The molecule has 194 valence electrons. The van der Waals surface area contributed by atoms with Gasteiger partial charge in [-0.15, -0.1) is 0 Å². The molecule has 0 saturated heterocycles. The molecular weight excluding hydrogens is 440 g/mol. The van der Waals surface area contributed by atoms with Gasteiger partial charge in [0.1, 0.15) is 13.2 Å². The highest BCUT2D eigenvalue weighted by molar-refractivity contribution is 5.93. The van der Waals surface area contributed by atoms with E-state index in [1.165, 1.54) is 9.80 Å². The molecule has 0 aromatic rings. The molecule has 0 bridgehead atoms. The zero-order valence-corrected chi connectivity index (χ0v) is 21.9. The third kappa shape index (κ3) is 8.72. The van der Waals surface area contributed by atoms with E-state index in [0.717, 1.165) is 0 Å². The van der Waals surface area contributed by atoms with Crippen molar-refractivity contribution >= 4 is 23.8 Å². The Kier molecular flexibility index (Phi) is 11.2. The number of hydrogen-bond acceptors (Lipinski definition) is 8. The average Bonchev–Trinajstić information content (AvgIpc) is 2.75. The molecule has 0 aromatic carbocycles. The fourth-order valence-electron chi connectivity index (χ4n) is 3.87. The van der Waals surface area contributed by atoms with Crippen LogP contribution in [0.1, 0.15) is 48.0 Å². The van der Waals surface area contributed by atoms with Gasteiger partial charge in [0.15, 0.2) is 11.6 Å². The van der Waals surface area contributed by atoms with Gasteiger partial charge in [-0.1, -0.05) is 13.8 Å². The number of ketones is 2. The average molecular weight is 483 g/mol. The molecule has 1 aliphatic heterocycles. The molecule has 10 heteroatoms. The van der Waals surface area contributed by atoms with Crippen molar-refractivity contribution in [1.29, 1.82) is 0 Å². The first-order chi connectivity index (χ1) is 15.7. The van der Waals surface area contributed by atoms with Crippen LogP contribution in [0.3, 0.4) is 0 Å². The van der Waals surface area contributed by atoms with Crippen LogP contribution >= 0.6 is 0 Å². The Morgan fingerprint density at radius 1 is 1.00 bits per heavy atom. The van der Waals surface area contributed by atoms with Crippen molar-refractivity contribution in [2.45, 2.75) is 65.1 Å². The first-order valence-electron chi connectivity index (χ1n) is 11.7. The van der Waals surface area contributed by atoms with Crippen LogP contribution in [0.4, 0.5) is 9.59 Å². The molecule has 0 saturated carbocycles. The molecule has 0 unspecified atom stereocenters. The maximum absolute atomic E-state index is 13.4. The molecular formula is C24H42N4O6. The quantitative estimate of drug-likeness (QED) is 0.584. The summed E-state index contributed by atoms with van der Waals surface area (Å²) in [5.74, 6) is -0.523. The normalized spacial score (nSPS) is 27.8. The number of carbonyl (C=O) groups is 4. The Morgan fingerprint density at radius 2 is 1.53 bits per heavy atom. The second-order valence-electron chi connectivity index (χ2n) is 9.91. The maximum Gasteiger partial charge on any atom is 0.409 e. The van der Waals surface area contributed by atoms with E-state index in [1.54, 1.807) is 53.9 Å². The van der Waals surface area contributed by atoms with Gasteiger partial charge in [-0.25, -0.2) is 9.59 Å². The second-order valence-corrected chi connectivity index (χ2v) is 9.91. The van der Waals surface area contributed by atoms with Gasteiger partial charge >= 0.3 is 12.2 Å². The summed E-state index contributed by atoms with van der Waals surface area (Å²) in [7, 11) is 3.16. The van der Waals surface area contributed by atoms with Crippen molar-refractivity contribution in [3.05, 3.63) is 12.2 Å². The van der Waals surface area contributed by atoms with Crippen LogP contribution in [0.25, 0.3) is 0 Å². The van der Waals surface area contributed by atoms with Crippen molar-refractivity contribution in [3.63, 3.8) is 0 Å². The van der Waals surface area contributed by atoms with Crippen LogP contribution < -0.4 is 10.6 Å². The number of carbonyl (C=O) groups excluding carboxylic acids is 4. The molecule has 10 nitrogen and oxygen atoms in total. The van der Waals surface area contributed by atoms with Gasteiger partial charge in [0.25, 0.3) is 0 Å². The van der Waals surface area contributed by atoms with Crippen LogP contribution in [0.5, 0.6) is 0 Å². The molecule has 2 N–H and O–H groups in total. The van der Waals surface area contributed by atoms with Crippen LogP contribution in [0.2, 0.25) is 0 Å². The van der Waals surface area contributed by atoms with Gasteiger partial charge in [0.05, 0.1) is 17.6 Å². The Bertz CT molecular complexity index is 769. The van der Waals surface area contributed by atoms with Gasteiger partial charge in [-0.05, 0) is 46.3 Å². The van der Waals surface area contributed by atoms with Crippen LogP contribution in [0.15, 0.2) is 12.2 Å². The monoisotopic (exact) mass is 482 g/mol. The van der Waals surface area contributed by atoms with Crippen molar-refractivity contribution in [2.24, 2.45) is 5.92 Å². The third-order valence-corrected chi connectivity index (χ3v) is 5.83. The van der Waals surface area contributed by atoms with Gasteiger partial charge < -0.3 is 24.6 Å². The summed E-state index contributed by atoms with van der Waals surface area (Å²) in [4.78, 5) is 53.9. The molecule has 1 aliphatic rings. The minimum atomic E-state index is -1.07. The number of Topliss-reactive ketones (excluding diaryl/α,β-unsaturated/α-hetero) is 2. The van der Waals surface area contributed by atoms with Crippen molar-refractivity contribution in [1.82, 2.24) is 20.4 Å². The topological polar surface area (TPSA) is 117 Å². The SMILES string of the molecule is CC(C)N[C@]1(C)CN(C)C(=O)OC/C=C/COC(=O)N(C)CC[C@@](C)(C(=O)C(C)C)NCC1=O. The zero-order chi connectivity index (χ0) is 26.1. The number of nitrogens with zero attached hydrogens (tertiary/aromatic N) is 2. The number of likely N-dealkylation sites (N-methyl/N-ethyl adjacent to an activating group) is 1. The molecule has 1 rings (SSSR count). The Morgan fingerprint density at radius 3 is 2.03 bits per heavy atom. The lowest BCUT2D eigenvalue weighted by atomic mass is 9.85. The van der Waals surface area contributed by atoms with E-state index in [2.05, 4.69) is 10.6 Å². The predicted molar refractivity (Wildman–Crippen MR) is 130 cm³/mol. The van der Waals surface area contributed by atoms with E-state index >= 15 is 0 Å². The van der Waals surface area contributed by atoms with E-state index in [9.17, 15) is 19.2 Å². The fraction of sp³-hybridized carbons (Fsp3) is 0.750. The van der Waals surface area contributed by atoms with Crippen molar-refractivity contribution in [3.8, 4) is 0 Å². The van der Waals surface area contributed by atoms with E-state index < -0.39 is 23.3 Å². The number of ether oxygens (including phenoxy) is 2.